The molecule has 0 aliphatic carbocycles. The topological polar surface area (TPSA) is 43.4 Å². The van der Waals surface area contributed by atoms with Crippen LogP contribution in [0.5, 0.6) is 11.5 Å². The Labute approximate surface area is 111 Å². The van der Waals surface area contributed by atoms with Crippen LogP contribution in [0, 0.1) is 0 Å². The second-order valence-corrected chi connectivity index (χ2v) is 4.73. The van der Waals surface area contributed by atoms with Crippen LogP contribution in [0.2, 0.25) is 0 Å². The first-order valence-electron chi connectivity index (χ1n) is 5.62. The molecule has 96 valence electrons. The number of nitrogens with one attached hydrogen (secondary N) is 1. The zero-order valence-corrected chi connectivity index (χ0v) is 11.3. The SMILES string of the molecule is COc1ccc(CNCc2cncs2)cc1OC. The molecule has 1 aromatic heterocycles. The van der Waals surface area contributed by atoms with Gasteiger partial charge in [-0.15, -0.1) is 11.3 Å². The number of nitrogens with zero attached hydrogens (tertiary/aromatic N) is 1. The Morgan fingerprint density at radius 1 is 1.17 bits per heavy atom. The number of aromatic nitrogens is 1. The van der Waals surface area contributed by atoms with E-state index >= 15 is 0 Å². The summed E-state index contributed by atoms with van der Waals surface area (Å²) in [5.74, 6) is 1.51. The Morgan fingerprint density at radius 2 is 2.00 bits per heavy atom. The fraction of sp³-hybridized carbons (Fsp3) is 0.308. The van der Waals surface area contributed by atoms with Crippen molar-refractivity contribution in [3.8, 4) is 11.5 Å². The molecular formula is C13H16N2O2S. The van der Waals surface area contributed by atoms with Gasteiger partial charge in [0, 0.05) is 24.2 Å². The summed E-state index contributed by atoms with van der Waals surface area (Å²) in [4.78, 5) is 5.27. The molecule has 0 bridgehead atoms. The molecule has 0 spiro atoms. The first-order chi connectivity index (χ1) is 8.83. The van der Waals surface area contributed by atoms with E-state index < -0.39 is 0 Å². The molecule has 0 radical (unpaired) electrons. The molecule has 1 heterocycles. The van der Waals surface area contributed by atoms with Gasteiger partial charge in [0.15, 0.2) is 11.5 Å². The van der Waals surface area contributed by atoms with Gasteiger partial charge in [0.2, 0.25) is 0 Å². The number of benzene rings is 1. The number of ether oxygens (including phenoxy) is 2. The van der Waals surface area contributed by atoms with Gasteiger partial charge in [-0.1, -0.05) is 6.07 Å². The van der Waals surface area contributed by atoms with Gasteiger partial charge < -0.3 is 14.8 Å². The zero-order chi connectivity index (χ0) is 12.8. The van der Waals surface area contributed by atoms with Crippen molar-refractivity contribution in [1.82, 2.24) is 10.3 Å². The summed E-state index contributed by atoms with van der Waals surface area (Å²) < 4.78 is 10.5. The third-order valence-electron chi connectivity index (χ3n) is 2.56. The fourth-order valence-electron chi connectivity index (χ4n) is 1.65. The van der Waals surface area contributed by atoms with Crippen molar-refractivity contribution in [2.75, 3.05) is 14.2 Å². The molecule has 0 aliphatic heterocycles. The Morgan fingerprint density at radius 3 is 2.67 bits per heavy atom. The van der Waals surface area contributed by atoms with E-state index in [1.54, 1.807) is 25.6 Å². The number of thiazole rings is 1. The van der Waals surface area contributed by atoms with E-state index in [-0.39, 0.29) is 0 Å². The monoisotopic (exact) mass is 264 g/mol. The van der Waals surface area contributed by atoms with Crippen molar-refractivity contribution >= 4 is 11.3 Å². The molecule has 0 saturated carbocycles. The van der Waals surface area contributed by atoms with E-state index in [9.17, 15) is 0 Å². The average molecular weight is 264 g/mol. The van der Waals surface area contributed by atoms with Gasteiger partial charge in [-0.05, 0) is 17.7 Å². The minimum Gasteiger partial charge on any atom is -0.493 e. The highest BCUT2D eigenvalue weighted by molar-refractivity contribution is 7.09. The molecule has 2 rings (SSSR count). The van der Waals surface area contributed by atoms with E-state index in [4.69, 9.17) is 9.47 Å². The Kier molecular flexibility index (Phi) is 4.55. The van der Waals surface area contributed by atoms with Crippen molar-refractivity contribution in [2.24, 2.45) is 0 Å². The first-order valence-corrected chi connectivity index (χ1v) is 6.50. The smallest absolute Gasteiger partial charge is 0.161 e. The third-order valence-corrected chi connectivity index (χ3v) is 3.34. The molecule has 1 N–H and O–H groups in total. The largest absolute Gasteiger partial charge is 0.493 e. The maximum Gasteiger partial charge on any atom is 0.161 e. The van der Waals surface area contributed by atoms with Gasteiger partial charge in [0.05, 0.1) is 19.7 Å². The molecule has 0 aliphatic rings. The second kappa shape index (κ2) is 6.37. The molecular weight excluding hydrogens is 248 g/mol. The van der Waals surface area contributed by atoms with E-state index in [0.29, 0.717) is 0 Å². The molecule has 0 unspecified atom stereocenters. The van der Waals surface area contributed by atoms with Crippen molar-refractivity contribution in [1.29, 1.82) is 0 Å². The molecule has 5 heteroatoms. The standard InChI is InChI=1S/C13H16N2O2S/c1-16-12-4-3-10(5-13(12)17-2)6-14-7-11-8-15-9-18-11/h3-5,8-9,14H,6-7H2,1-2H3. The van der Waals surface area contributed by atoms with Crippen LogP contribution in [0.25, 0.3) is 0 Å². The summed E-state index contributed by atoms with van der Waals surface area (Å²) in [6.07, 6.45) is 1.88. The quantitative estimate of drug-likeness (QED) is 0.870. The lowest BCUT2D eigenvalue weighted by Gasteiger charge is -2.09. The first kappa shape index (κ1) is 12.9. The maximum atomic E-state index is 5.27. The Bertz CT molecular complexity index is 486. The minimum absolute atomic E-state index is 0.753. The molecule has 2 aromatic rings. The van der Waals surface area contributed by atoms with Crippen LogP contribution in [0.1, 0.15) is 10.4 Å². The molecule has 4 nitrogen and oxygen atoms in total. The van der Waals surface area contributed by atoms with Crippen LogP contribution in [-0.2, 0) is 13.1 Å². The summed E-state index contributed by atoms with van der Waals surface area (Å²) in [5.41, 5.74) is 3.00. The zero-order valence-electron chi connectivity index (χ0n) is 10.5. The number of hydrogen-bond donors (Lipinski definition) is 1. The predicted octanol–water partition coefficient (Wildman–Crippen LogP) is 2.45. The summed E-state index contributed by atoms with van der Waals surface area (Å²) in [7, 11) is 3.28. The normalized spacial score (nSPS) is 10.3. The van der Waals surface area contributed by atoms with Gasteiger partial charge in [-0.25, -0.2) is 0 Å². The molecule has 1 aromatic carbocycles. The average Bonchev–Trinajstić information content (AvgIpc) is 2.91. The van der Waals surface area contributed by atoms with Gasteiger partial charge in [-0.2, -0.15) is 0 Å². The van der Waals surface area contributed by atoms with Crippen LogP contribution in [0.3, 0.4) is 0 Å². The van der Waals surface area contributed by atoms with Gasteiger partial charge in [-0.3, -0.25) is 4.98 Å². The summed E-state index contributed by atoms with van der Waals surface area (Å²) in [5, 5.41) is 3.37. The van der Waals surface area contributed by atoms with E-state index in [1.807, 2.05) is 29.9 Å². The fourth-order valence-corrected chi connectivity index (χ4v) is 2.21. The lowest BCUT2D eigenvalue weighted by atomic mass is 10.2. The van der Waals surface area contributed by atoms with E-state index in [0.717, 1.165) is 30.2 Å². The lowest BCUT2D eigenvalue weighted by Crippen LogP contribution is -2.11. The van der Waals surface area contributed by atoms with Crippen LogP contribution >= 0.6 is 11.3 Å². The van der Waals surface area contributed by atoms with Crippen LogP contribution in [0.15, 0.2) is 29.9 Å². The van der Waals surface area contributed by atoms with Gasteiger partial charge in [0.25, 0.3) is 0 Å². The van der Waals surface area contributed by atoms with Crippen molar-refractivity contribution in [3.05, 3.63) is 40.3 Å². The maximum absolute atomic E-state index is 5.27. The Balaban J connectivity index is 1.93. The van der Waals surface area contributed by atoms with E-state index in [1.165, 1.54) is 4.88 Å². The predicted molar refractivity (Wildman–Crippen MR) is 72.2 cm³/mol. The van der Waals surface area contributed by atoms with E-state index in [2.05, 4.69) is 10.3 Å². The Hall–Kier alpha value is -1.59. The van der Waals surface area contributed by atoms with Gasteiger partial charge in [0.1, 0.15) is 0 Å². The highest BCUT2D eigenvalue weighted by Gasteiger charge is 2.04. The van der Waals surface area contributed by atoms with Crippen LogP contribution in [0.4, 0.5) is 0 Å². The molecule has 0 amide bonds. The molecule has 18 heavy (non-hydrogen) atoms. The summed E-state index contributed by atoms with van der Waals surface area (Å²) >= 11 is 1.65. The number of rotatable bonds is 6. The second-order valence-electron chi connectivity index (χ2n) is 3.76. The number of hydrogen-bond acceptors (Lipinski definition) is 5. The summed E-state index contributed by atoms with van der Waals surface area (Å²) in [6, 6.07) is 5.93. The van der Waals surface area contributed by atoms with Crippen molar-refractivity contribution in [2.45, 2.75) is 13.1 Å². The molecule has 0 fully saturated rings. The third kappa shape index (κ3) is 3.21. The van der Waals surface area contributed by atoms with Crippen molar-refractivity contribution < 1.29 is 9.47 Å². The molecule has 0 atom stereocenters. The summed E-state index contributed by atoms with van der Waals surface area (Å²) in [6.45, 7) is 1.62. The highest BCUT2D eigenvalue weighted by atomic mass is 32.1. The van der Waals surface area contributed by atoms with Crippen LogP contribution in [-0.4, -0.2) is 19.2 Å². The van der Waals surface area contributed by atoms with Gasteiger partial charge >= 0.3 is 0 Å². The van der Waals surface area contributed by atoms with Crippen LogP contribution < -0.4 is 14.8 Å². The number of methoxy groups -OCH3 is 2. The van der Waals surface area contributed by atoms with Crippen molar-refractivity contribution in [3.63, 3.8) is 0 Å². The molecule has 0 saturated heterocycles. The highest BCUT2D eigenvalue weighted by Crippen LogP contribution is 2.27. The lowest BCUT2D eigenvalue weighted by molar-refractivity contribution is 0.354. The minimum atomic E-state index is 0.753.